The SMILES string of the molecule is CC1C2CC(OCc3c(-c4c(Cl)cccc4Cl)noc3C3CC3)CC1C2C(=O)Nc1cccc(C(F)(F)F)c1. The van der Waals surface area contributed by atoms with Gasteiger partial charge in [0.1, 0.15) is 11.5 Å². The van der Waals surface area contributed by atoms with Gasteiger partial charge in [0.25, 0.3) is 0 Å². The van der Waals surface area contributed by atoms with E-state index < -0.39 is 11.7 Å². The van der Waals surface area contributed by atoms with E-state index in [1.807, 2.05) is 0 Å². The first-order valence-electron chi connectivity index (χ1n) is 13.1. The van der Waals surface area contributed by atoms with E-state index in [9.17, 15) is 18.0 Å². The number of carbonyl (C=O) groups is 1. The minimum absolute atomic E-state index is 0.0506. The summed E-state index contributed by atoms with van der Waals surface area (Å²) in [6.45, 7) is 2.42. The fourth-order valence-corrected chi connectivity index (χ4v) is 6.92. The largest absolute Gasteiger partial charge is 0.416 e. The molecular formula is C29H27Cl2F3N2O3. The Kier molecular flexibility index (Phi) is 6.92. The molecule has 3 aromatic rings. The molecule has 0 saturated heterocycles. The lowest BCUT2D eigenvalue weighted by molar-refractivity contribution is -0.158. The van der Waals surface area contributed by atoms with Gasteiger partial charge in [-0.25, -0.2) is 0 Å². The van der Waals surface area contributed by atoms with Crippen molar-refractivity contribution < 1.29 is 27.2 Å². The van der Waals surface area contributed by atoms with Crippen molar-refractivity contribution in [2.45, 2.75) is 57.4 Å². The first-order chi connectivity index (χ1) is 18.6. The lowest BCUT2D eigenvalue weighted by Gasteiger charge is -2.56. The van der Waals surface area contributed by atoms with E-state index in [4.69, 9.17) is 32.5 Å². The lowest BCUT2D eigenvalue weighted by Crippen LogP contribution is -2.57. The molecule has 0 radical (unpaired) electrons. The van der Waals surface area contributed by atoms with Gasteiger partial charge in [0.05, 0.1) is 28.3 Å². The van der Waals surface area contributed by atoms with Crippen molar-refractivity contribution in [1.29, 1.82) is 0 Å². The van der Waals surface area contributed by atoms with Gasteiger partial charge in [-0.05, 0) is 73.8 Å². The summed E-state index contributed by atoms with van der Waals surface area (Å²) in [7, 11) is 0. The van der Waals surface area contributed by atoms with Crippen LogP contribution in [0, 0.1) is 23.7 Å². The number of alkyl halides is 3. The average Bonchev–Trinajstić information content (AvgIpc) is 3.66. The number of nitrogens with zero attached hydrogens (tertiary/aromatic N) is 1. The molecule has 1 amide bonds. The van der Waals surface area contributed by atoms with Crippen LogP contribution in [0.2, 0.25) is 10.0 Å². The van der Waals surface area contributed by atoms with Gasteiger partial charge >= 0.3 is 6.18 Å². The van der Waals surface area contributed by atoms with Crippen LogP contribution < -0.4 is 5.32 Å². The summed E-state index contributed by atoms with van der Waals surface area (Å²) >= 11 is 12.9. The molecule has 1 aromatic heterocycles. The van der Waals surface area contributed by atoms with Crippen LogP contribution in [-0.4, -0.2) is 17.2 Å². The Balaban J connectivity index is 1.13. The molecular weight excluding hydrogens is 552 g/mol. The number of nitrogens with one attached hydrogen (secondary N) is 1. The van der Waals surface area contributed by atoms with Crippen LogP contribution in [0.25, 0.3) is 11.3 Å². The number of fused-ring (bicyclic) bond motifs is 2. The standard InChI is InChI=1S/C29H27Cl2F3N2O3/c1-14-19-11-18(12-20(14)24(19)28(37)35-17-5-2-4-16(10-17)29(32,33)34)38-13-21-26(36-39-27(21)15-8-9-15)25-22(30)6-3-7-23(25)31/h2-7,10,14-15,18-20,24H,8-9,11-13H2,1H3,(H,35,37). The number of ether oxygens (including phenoxy) is 1. The van der Waals surface area contributed by atoms with Gasteiger partial charge < -0.3 is 14.6 Å². The van der Waals surface area contributed by atoms with Crippen LogP contribution in [0.5, 0.6) is 0 Å². The molecule has 2 atom stereocenters. The van der Waals surface area contributed by atoms with Gasteiger partial charge in [-0.3, -0.25) is 4.79 Å². The highest BCUT2D eigenvalue weighted by Crippen LogP contribution is 2.56. The number of halogens is 5. The minimum Gasteiger partial charge on any atom is -0.373 e. The second-order valence-corrected chi connectivity index (χ2v) is 11.7. The number of anilines is 1. The van der Waals surface area contributed by atoms with Crippen molar-refractivity contribution in [2.24, 2.45) is 23.7 Å². The third-order valence-electron chi connectivity index (χ3n) is 8.53. The Hall–Kier alpha value is -2.55. The first-order valence-corrected chi connectivity index (χ1v) is 13.9. The third kappa shape index (κ3) is 5.07. The summed E-state index contributed by atoms with van der Waals surface area (Å²) < 4.78 is 51.4. The molecule has 4 aliphatic rings. The Bertz CT molecular complexity index is 1370. The van der Waals surface area contributed by atoms with Crippen molar-refractivity contribution >= 4 is 34.8 Å². The van der Waals surface area contributed by atoms with Crippen molar-refractivity contribution in [2.75, 3.05) is 5.32 Å². The van der Waals surface area contributed by atoms with Crippen molar-refractivity contribution in [3.8, 4) is 11.3 Å². The third-order valence-corrected chi connectivity index (χ3v) is 9.16. The molecule has 1 N–H and O–H groups in total. The molecule has 4 fully saturated rings. The molecule has 0 aliphatic heterocycles. The van der Waals surface area contributed by atoms with Crippen LogP contribution in [0.4, 0.5) is 18.9 Å². The average molecular weight is 579 g/mol. The minimum atomic E-state index is -4.46. The predicted molar refractivity (Wildman–Crippen MR) is 141 cm³/mol. The van der Waals surface area contributed by atoms with E-state index >= 15 is 0 Å². The zero-order valence-electron chi connectivity index (χ0n) is 21.1. The molecule has 2 aromatic carbocycles. The maximum atomic E-state index is 13.1. The molecule has 4 aliphatic carbocycles. The van der Waals surface area contributed by atoms with E-state index in [-0.39, 0.29) is 35.5 Å². The fraction of sp³-hybridized carbons (Fsp3) is 0.448. The van der Waals surface area contributed by atoms with Gasteiger partial charge in [0.2, 0.25) is 5.91 Å². The maximum absolute atomic E-state index is 13.1. The maximum Gasteiger partial charge on any atom is 0.416 e. The number of aromatic nitrogens is 1. The molecule has 2 bridgehead atoms. The molecule has 39 heavy (non-hydrogen) atoms. The molecule has 4 saturated carbocycles. The van der Waals surface area contributed by atoms with Crippen LogP contribution in [0.3, 0.4) is 0 Å². The lowest BCUT2D eigenvalue weighted by atomic mass is 9.50. The van der Waals surface area contributed by atoms with Gasteiger partial charge in [0, 0.05) is 28.7 Å². The van der Waals surface area contributed by atoms with E-state index in [1.54, 1.807) is 18.2 Å². The Morgan fingerprint density at radius 2 is 1.77 bits per heavy atom. The molecule has 10 heteroatoms. The topological polar surface area (TPSA) is 64.4 Å². The zero-order valence-corrected chi connectivity index (χ0v) is 22.6. The van der Waals surface area contributed by atoms with Crippen LogP contribution in [-0.2, 0) is 22.3 Å². The molecule has 7 rings (SSSR count). The molecule has 5 nitrogen and oxygen atoms in total. The van der Waals surface area contributed by atoms with Crippen molar-refractivity contribution in [3.05, 3.63) is 69.4 Å². The number of hydrogen-bond donors (Lipinski definition) is 1. The highest BCUT2D eigenvalue weighted by molar-refractivity contribution is 6.39. The Labute approximate surface area is 234 Å². The van der Waals surface area contributed by atoms with Gasteiger partial charge in [-0.15, -0.1) is 0 Å². The summed E-state index contributed by atoms with van der Waals surface area (Å²) in [6.07, 6.45) is -1.05. The van der Waals surface area contributed by atoms with Crippen LogP contribution >= 0.6 is 23.2 Å². The fourth-order valence-electron chi connectivity index (χ4n) is 6.34. The van der Waals surface area contributed by atoms with Gasteiger partial charge in [0.15, 0.2) is 0 Å². The monoisotopic (exact) mass is 578 g/mol. The van der Waals surface area contributed by atoms with E-state index in [1.165, 1.54) is 12.1 Å². The summed E-state index contributed by atoms with van der Waals surface area (Å²) in [4.78, 5) is 13.1. The van der Waals surface area contributed by atoms with Crippen LogP contribution in [0.1, 0.15) is 55.4 Å². The summed E-state index contributed by atoms with van der Waals surface area (Å²) in [6, 6.07) is 10.1. The second-order valence-electron chi connectivity index (χ2n) is 10.9. The van der Waals surface area contributed by atoms with Gasteiger partial charge in [-0.1, -0.05) is 47.4 Å². The molecule has 0 spiro atoms. The zero-order chi connectivity index (χ0) is 27.5. The predicted octanol–water partition coefficient (Wildman–Crippen LogP) is 8.36. The highest BCUT2D eigenvalue weighted by atomic mass is 35.5. The number of carbonyl (C=O) groups excluding carboxylic acids is 1. The second kappa shape index (κ2) is 10.1. The Morgan fingerprint density at radius 1 is 1.10 bits per heavy atom. The smallest absolute Gasteiger partial charge is 0.373 e. The molecule has 2 unspecified atom stereocenters. The number of rotatable bonds is 7. The van der Waals surface area contributed by atoms with E-state index in [0.29, 0.717) is 52.6 Å². The number of amides is 1. The van der Waals surface area contributed by atoms with Crippen LogP contribution in [0.15, 0.2) is 47.0 Å². The summed E-state index contributed by atoms with van der Waals surface area (Å²) in [5, 5.41) is 8.01. The molecule has 1 heterocycles. The normalized spacial score (nSPS) is 26.3. The van der Waals surface area contributed by atoms with Gasteiger partial charge in [-0.2, -0.15) is 13.2 Å². The Morgan fingerprint density at radius 3 is 2.41 bits per heavy atom. The quantitative estimate of drug-likeness (QED) is 0.306. The molecule has 206 valence electrons. The number of benzene rings is 2. The van der Waals surface area contributed by atoms with E-state index in [0.717, 1.165) is 36.3 Å². The van der Waals surface area contributed by atoms with Crippen molar-refractivity contribution in [1.82, 2.24) is 5.16 Å². The summed E-state index contributed by atoms with van der Waals surface area (Å²) in [5.41, 5.74) is 1.46. The summed E-state index contributed by atoms with van der Waals surface area (Å²) in [5.74, 6) is 1.20. The van der Waals surface area contributed by atoms with Crippen molar-refractivity contribution in [3.63, 3.8) is 0 Å². The number of hydrogen-bond acceptors (Lipinski definition) is 4. The van der Waals surface area contributed by atoms with E-state index in [2.05, 4.69) is 17.4 Å². The first kappa shape index (κ1) is 26.7. The highest BCUT2D eigenvalue weighted by Gasteiger charge is 2.56.